The zero-order valence-corrected chi connectivity index (χ0v) is 11.1. The van der Waals surface area contributed by atoms with E-state index in [-0.39, 0.29) is 18.4 Å². The molecule has 1 heterocycles. The number of nitrogens with zero attached hydrogens (tertiary/aromatic N) is 1. The smallest absolute Gasteiger partial charge is 0.305 e. The summed E-state index contributed by atoms with van der Waals surface area (Å²) in [6.45, 7) is 4.49. The van der Waals surface area contributed by atoms with Crippen molar-refractivity contribution in [2.75, 3.05) is 11.4 Å². The number of carboxylic acids is 1. The molecule has 1 aliphatic rings. The molecule has 0 spiro atoms. The molecule has 2 atom stereocenters. The molecule has 5 nitrogen and oxygen atoms in total. The highest BCUT2D eigenvalue weighted by atomic mass is 16.4. The Hall–Kier alpha value is -2.04. The van der Waals surface area contributed by atoms with Gasteiger partial charge in [0.15, 0.2) is 0 Å². The Bertz CT molecular complexity index is 501. The lowest BCUT2D eigenvalue weighted by Crippen LogP contribution is -2.60. The summed E-state index contributed by atoms with van der Waals surface area (Å²) in [5.41, 5.74) is 1.98. The minimum absolute atomic E-state index is 0.0730. The lowest BCUT2D eigenvalue weighted by Gasteiger charge is -2.41. The molecule has 1 aliphatic heterocycles. The van der Waals surface area contributed by atoms with Gasteiger partial charge in [-0.15, -0.1) is 0 Å². The first-order valence-electron chi connectivity index (χ1n) is 6.33. The summed E-state index contributed by atoms with van der Waals surface area (Å²) in [6.07, 6.45) is -0.190. The van der Waals surface area contributed by atoms with Crippen LogP contribution in [0.3, 0.4) is 0 Å². The molecule has 0 radical (unpaired) electrons. The number of carbonyl (C=O) groups is 2. The molecular weight excluding hydrogens is 244 g/mol. The number of hydrogen-bond donors (Lipinski definition) is 2. The normalized spacial score (nSPS) is 23.1. The second kappa shape index (κ2) is 5.30. The van der Waals surface area contributed by atoms with Crippen LogP contribution in [-0.4, -0.2) is 35.6 Å². The minimum Gasteiger partial charge on any atom is -0.481 e. The third-order valence-electron chi connectivity index (χ3n) is 3.35. The van der Waals surface area contributed by atoms with Gasteiger partial charge >= 0.3 is 5.97 Å². The van der Waals surface area contributed by atoms with Crippen LogP contribution in [0.15, 0.2) is 24.3 Å². The molecule has 2 N–H and O–H groups in total. The molecule has 0 saturated carbocycles. The Morgan fingerprint density at radius 2 is 2.26 bits per heavy atom. The topological polar surface area (TPSA) is 69.6 Å². The molecule has 0 aromatic heterocycles. The van der Waals surface area contributed by atoms with E-state index in [0.717, 1.165) is 11.3 Å². The van der Waals surface area contributed by atoms with Crippen molar-refractivity contribution in [2.24, 2.45) is 0 Å². The number of piperazine rings is 1. The van der Waals surface area contributed by atoms with E-state index in [4.69, 9.17) is 5.11 Å². The maximum absolute atomic E-state index is 11.9. The molecule has 102 valence electrons. The summed E-state index contributed by atoms with van der Waals surface area (Å²) in [5, 5.41) is 11.7. The highest BCUT2D eigenvalue weighted by molar-refractivity contribution is 5.90. The van der Waals surface area contributed by atoms with Gasteiger partial charge in [-0.1, -0.05) is 12.1 Å². The predicted octanol–water partition coefficient (Wildman–Crippen LogP) is 1.16. The zero-order chi connectivity index (χ0) is 14.0. The highest BCUT2D eigenvalue weighted by Gasteiger charge is 2.35. The third-order valence-corrected chi connectivity index (χ3v) is 3.35. The number of aryl methyl sites for hydroxylation is 1. The van der Waals surface area contributed by atoms with Crippen molar-refractivity contribution in [3.63, 3.8) is 0 Å². The number of aliphatic carboxylic acids is 1. The Kier molecular flexibility index (Phi) is 3.74. The van der Waals surface area contributed by atoms with E-state index in [1.54, 1.807) is 0 Å². The molecule has 1 aromatic carbocycles. The summed E-state index contributed by atoms with van der Waals surface area (Å²) in [4.78, 5) is 24.8. The maximum atomic E-state index is 11.9. The third kappa shape index (κ3) is 2.86. The van der Waals surface area contributed by atoms with Crippen LogP contribution in [0.25, 0.3) is 0 Å². The van der Waals surface area contributed by atoms with Gasteiger partial charge in [-0.2, -0.15) is 0 Å². The highest BCUT2D eigenvalue weighted by Crippen LogP contribution is 2.25. The molecule has 1 amide bonds. The van der Waals surface area contributed by atoms with Crippen molar-refractivity contribution >= 4 is 17.6 Å². The van der Waals surface area contributed by atoms with E-state index in [9.17, 15) is 9.59 Å². The number of benzene rings is 1. The molecular formula is C14H18N2O3. The van der Waals surface area contributed by atoms with Gasteiger partial charge in [0.05, 0.1) is 6.42 Å². The summed E-state index contributed by atoms with van der Waals surface area (Å²) < 4.78 is 0. The SMILES string of the molecule is Cc1cccc(N2C(C)CNC(=O)C2CC(=O)O)c1. The van der Waals surface area contributed by atoms with Crippen LogP contribution in [0.5, 0.6) is 0 Å². The Morgan fingerprint density at radius 1 is 1.53 bits per heavy atom. The molecule has 2 rings (SSSR count). The number of anilines is 1. The average molecular weight is 262 g/mol. The quantitative estimate of drug-likeness (QED) is 0.857. The fourth-order valence-electron chi connectivity index (χ4n) is 2.48. The second-order valence-electron chi connectivity index (χ2n) is 4.95. The number of rotatable bonds is 3. The molecule has 0 aliphatic carbocycles. The Labute approximate surface area is 112 Å². The molecule has 2 unspecified atom stereocenters. The van der Waals surface area contributed by atoms with Crippen LogP contribution in [0.4, 0.5) is 5.69 Å². The Balaban J connectivity index is 2.36. The molecule has 0 bridgehead atoms. The first-order valence-corrected chi connectivity index (χ1v) is 6.33. The van der Waals surface area contributed by atoms with Crippen molar-refractivity contribution in [1.29, 1.82) is 0 Å². The van der Waals surface area contributed by atoms with E-state index < -0.39 is 12.0 Å². The average Bonchev–Trinajstić information content (AvgIpc) is 2.33. The largest absolute Gasteiger partial charge is 0.481 e. The summed E-state index contributed by atoms with van der Waals surface area (Å²) in [7, 11) is 0. The molecule has 1 saturated heterocycles. The predicted molar refractivity (Wildman–Crippen MR) is 72.2 cm³/mol. The minimum atomic E-state index is -0.966. The van der Waals surface area contributed by atoms with Crippen molar-refractivity contribution in [3.05, 3.63) is 29.8 Å². The fourth-order valence-corrected chi connectivity index (χ4v) is 2.48. The van der Waals surface area contributed by atoms with E-state index in [1.165, 1.54) is 0 Å². The standard InChI is InChI=1S/C14H18N2O3/c1-9-4-3-5-11(6-9)16-10(2)8-15-14(19)12(16)7-13(17)18/h3-6,10,12H,7-8H2,1-2H3,(H,15,19)(H,17,18). The van der Waals surface area contributed by atoms with Crippen LogP contribution >= 0.6 is 0 Å². The second-order valence-corrected chi connectivity index (χ2v) is 4.95. The van der Waals surface area contributed by atoms with E-state index >= 15 is 0 Å². The van der Waals surface area contributed by atoms with Crippen molar-refractivity contribution < 1.29 is 14.7 Å². The summed E-state index contributed by atoms with van der Waals surface area (Å²) in [5.74, 6) is -1.19. The van der Waals surface area contributed by atoms with Crippen LogP contribution in [0.2, 0.25) is 0 Å². The first kappa shape index (κ1) is 13.4. The molecule has 19 heavy (non-hydrogen) atoms. The monoisotopic (exact) mass is 262 g/mol. The van der Waals surface area contributed by atoms with Gasteiger partial charge in [0, 0.05) is 18.3 Å². The van der Waals surface area contributed by atoms with E-state index in [0.29, 0.717) is 6.54 Å². The molecule has 1 aromatic rings. The van der Waals surface area contributed by atoms with Gasteiger partial charge in [0.25, 0.3) is 0 Å². The maximum Gasteiger partial charge on any atom is 0.305 e. The van der Waals surface area contributed by atoms with Crippen molar-refractivity contribution in [1.82, 2.24) is 5.32 Å². The number of amides is 1. The van der Waals surface area contributed by atoms with E-state index in [2.05, 4.69) is 5.32 Å². The first-order chi connectivity index (χ1) is 8.99. The molecule has 5 heteroatoms. The van der Waals surface area contributed by atoms with Gasteiger partial charge in [0.1, 0.15) is 6.04 Å². The number of nitrogens with one attached hydrogen (secondary N) is 1. The van der Waals surface area contributed by atoms with Crippen LogP contribution < -0.4 is 10.2 Å². The fraction of sp³-hybridized carbons (Fsp3) is 0.429. The molecule has 1 fully saturated rings. The lowest BCUT2D eigenvalue weighted by molar-refractivity contribution is -0.140. The van der Waals surface area contributed by atoms with Crippen LogP contribution in [-0.2, 0) is 9.59 Å². The lowest BCUT2D eigenvalue weighted by atomic mass is 10.0. The number of hydrogen-bond acceptors (Lipinski definition) is 3. The van der Waals surface area contributed by atoms with E-state index in [1.807, 2.05) is 43.0 Å². The summed E-state index contributed by atoms with van der Waals surface area (Å²) in [6, 6.07) is 7.21. The zero-order valence-electron chi connectivity index (χ0n) is 11.1. The van der Waals surface area contributed by atoms with Crippen molar-refractivity contribution in [3.8, 4) is 0 Å². The summed E-state index contributed by atoms with van der Waals surface area (Å²) >= 11 is 0. The number of carboxylic acid groups (broad SMARTS) is 1. The van der Waals surface area contributed by atoms with Crippen molar-refractivity contribution in [2.45, 2.75) is 32.4 Å². The number of carbonyl (C=O) groups excluding carboxylic acids is 1. The van der Waals surface area contributed by atoms with Gasteiger partial charge in [-0.3, -0.25) is 9.59 Å². The van der Waals surface area contributed by atoms with Crippen LogP contribution in [0, 0.1) is 6.92 Å². The van der Waals surface area contributed by atoms with Gasteiger partial charge < -0.3 is 15.3 Å². The van der Waals surface area contributed by atoms with Gasteiger partial charge in [0.2, 0.25) is 5.91 Å². The van der Waals surface area contributed by atoms with Gasteiger partial charge in [-0.25, -0.2) is 0 Å². The van der Waals surface area contributed by atoms with Gasteiger partial charge in [-0.05, 0) is 31.5 Å². The van der Waals surface area contributed by atoms with Crippen LogP contribution in [0.1, 0.15) is 18.9 Å². The Morgan fingerprint density at radius 3 is 2.89 bits per heavy atom.